The highest BCUT2D eigenvalue weighted by molar-refractivity contribution is 5.96. The Morgan fingerprint density at radius 2 is 2.06 bits per heavy atom. The maximum absolute atomic E-state index is 11.9. The van der Waals surface area contributed by atoms with Gasteiger partial charge < -0.3 is 15.8 Å². The molecular weight excluding hydrogens is 216 g/mol. The Balaban J connectivity index is 2.79. The van der Waals surface area contributed by atoms with Crippen LogP contribution in [0.3, 0.4) is 0 Å². The lowest BCUT2D eigenvalue weighted by Crippen LogP contribution is -2.32. The van der Waals surface area contributed by atoms with Gasteiger partial charge in [-0.2, -0.15) is 0 Å². The molecule has 1 amide bonds. The lowest BCUT2D eigenvalue weighted by Gasteiger charge is -2.13. The first-order valence-corrected chi connectivity index (χ1v) is 5.63. The molecule has 0 spiro atoms. The summed E-state index contributed by atoms with van der Waals surface area (Å²) in [5, 5.41) is 2.82. The number of aryl methyl sites for hydroxylation is 2. The molecule has 1 rings (SSSR count). The number of carbonyl (C=O) groups excluding carboxylic acids is 1. The van der Waals surface area contributed by atoms with Crippen molar-refractivity contribution in [2.24, 2.45) is 0 Å². The van der Waals surface area contributed by atoms with E-state index in [1.165, 1.54) is 0 Å². The largest absolute Gasteiger partial charge is 0.398 e. The Bertz CT molecular complexity index is 416. The summed E-state index contributed by atoms with van der Waals surface area (Å²) < 4.78 is 5.07. The summed E-state index contributed by atoms with van der Waals surface area (Å²) in [6.07, 6.45) is 0.00190. The molecule has 0 aliphatic carbocycles. The van der Waals surface area contributed by atoms with Gasteiger partial charge in [-0.3, -0.25) is 4.79 Å². The van der Waals surface area contributed by atoms with Crippen molar-refractivity contribution in [3.63, 3.8) is 0 Å². The molecule has 1 aromatic rings. The van der Waals surface area contributed by atoms with E-state index in [0.717, 1.165) is 11.1 Å². The third kappa shape index (κ3) is 3.46. The SMILES string of the molecule is COC(C)CNC(=O)c1cc(N)c(C)cc1C. The van der Waals surface area contributed by atoms with Crippen molar-refractivity contribution in [1.82, 2.24) is 5.32 Å². The summed E-state index contributed by atoms with van der Waals surface area (Å²) in [5.74, 6) is -0.113. The Morgan fingerprint density at radius 3 is 2.65 bits per heavy atom. The Morgan fingerprint density at radius 1 is 1.41 bits per heavy atom. The minimum absolute atomic E-state index is 0.00190. The van der Waals surface area contributed by atoms with Crippen molar-refractivity contribution < 1.29 is 9.53 Å². The van der Waals surface area contributed by atoms with Gasteiger partial charge in [0.15, 0.2) is 0 Å². The third-order valence-electron chi connectivity index (χ3n) is 2.81. The average molecular weight is 236 g/mol. The summed E-state index contributed by atoms with van der Waals surface area (Å²) in [5.41, 5.74) is 8.99. The fraction of sp³-hybridized carbons (Fsp3) is 0.462. The van der Waals surface area contributed by atoms with Crippen molar-refractivity contribution in [3.05, 3.63) is 28.8 Å². The summed E-state index contributed by atoms with van der Waals surface area (Å²) >= 11 is 0. The number of nitrogens with one attached hydrogen (secondary N) is 1. The molecule has 0 saturated heterocycles. The molecule has 4 nitrogen and oxygen atoms in total. The second-order valence-corrected chi connectivity index (χ2v) is 4.28. The zero-order valence-corrected chi connectivity index (χ0v) is 10.8. The number of nitrogens with two attached hydrogens (primary N) is 1. The molecule has 94 valence electrons. The molecule has 0 saturated carbocycles. The molecule has 1 aromatic carbocycles. The fourth-order valence-electron chi connectivity index (χ4n) is 1.53. The first-order valence-electron chi connectivity index (χ1n) is 5.63. The van der Waals surface area contributed by atoms with E-state index >= 15 is 0 Å². The second-order valence-electron chi connectivity index (χ2n) is 4.28. The topological polar surface area (TPSA) is 64.3 Å². The van der Waals surface area contributed by atoms with Gasteiger partial charge in [0, 0.05) is 24.9 Å². The molecular formula is C13H20N2O2. The van der Waals surface area contributed by atoms with Gasteiger partial charge in [0.2, 0.25) is 0 Å². The zero-order chi connectivity index (χ0) is 13.0. The zero-order valence-electron chi connectivity index (χ0n) is 10.8. The van der Waals surface area contributed by atoms with Crippen LogP contribution in [0.2, 0.25) is 0 Å². The number of hydrogen-bond donors (Lipinski definition) is 2. The van der Waals surface area contributed by atoms with E-state index in [9.17, 15) is 4.79 Å². The van der Waals surface area contributed by atoms with Crippen LogP contribution in [0, 0.1) is 13.8 Å². The number of nitrogen functional groups attached to an aromatic ring is 1. The predicted molar refractivity (Wildman–Crippen MR) is 69.1 cm³/mol. The molecule has 0 fully saturated rings. The minimum Gasteiger partial charge on any atom is -0.398 e. The molecule has 1 unspecified atom stereocenters. The number of ether oxygens (including phenoxy) is 1. The minimum atomic E-state index is -0.113. The first kappa shape index (κ1) is 13.5. The molecule has 0 bridgehead atoms. The third-order valence-corrected chi connectivity index (χ3v) is 2.81. The number of hydrogen-bond acceptors (Lipinski definition) is 3. The Labute approximate surface area is 102 Å². The van der Waals surface area contributed by atoms with Crippen molar-refractivity contribution in [3.8, 4) is 0 Å². The average Bonchev–Trinajstić information content (AvgIpc) is 2.30. The van der Waals surface area contributed by atoms with Gasteiger partial charge in [-0.1, -0.05) is 6.07 Å². The van der Waals surface area contributed by atoms with Crippen LogP contribution in [0.5, 0.6) is 0 Å². The summed E-state index contributed by atoms with van der Waals surface area (Å²) in [4.78, 5) is 11.9. The lowest BCUT2D eigenvalue weighted by atomic mass is 10.0. The highest BCUT2D eigenvalue weighted by Gasteiger charge is 2.11. The maximum atomic E-state index is 11.9. The lowest BCUT2D eigenvalue weighted by molar-refractivity contribution is 0.0870. The van der Waals surface area contributed by atoms with Crippen molar-refractivity contribution in [2.45, 2.75) is 26.9 Å². The van der Waals surface area contributed by atoms with E-state index in [0.29, 0.717) is 17.8 Å². The van der Waals surface area contributed by atoms with E-state index in [1.807, 2.05) is 26.8 Å². The molecule has 17 heavy (non-hydrogen) atoms. The molecule has 0 heterocycles. The number of carbonyl (C=O) groups is 1. The molecule has 0 radical (unpaired) electrons. The fourth-order valence-corrected chi connectivity index (χ4v) is 1.53. The van der Waals surface area contributed by atoms with Crippen molar-refractivity contribution in [1.29, 1.82) is 0 Å². The smallest absolute Gasteiger partial charge is 0.251 e. The van der Waals surface area contributed by atoms with Crippen molar-refractivity contribution in [2.75, 3.05) is 19.4 Å². The Kier molecular flexibility index (Phi) is 4.52. The molecule has 1 atom stereocenters. The van der Waals surface area contributed by atoms with Crippen LogP contribution in [-0.4, -0.2) is 25.7 Å². The van der Waals surface area contributed by atoms with Crippen LogP contribution in [0.1, 0.15) is 28.4 Å². The summed E-state index contributed by atoms with van der Waals surface area (Å²) in [6, 6.07) is 3.64. The Hall–Kier alpha value is -1.55. The standard InChI is InChI=1S/C13H20N2O2/c1-8-5-9(2)12(14)6-11(8)13(16)15-7-10(3)17-4/h5-6,10H,7,14H2,1-4H3,(H,15,16). The number of anilines is 1. The second kappa shape index (κ2) is 5.68. The van der Waals surface area contributed by atoms with Crippen LogP contribution >= 0.6 is 0 Å². The van der Waals surface area contributed by atoms with E-state index < -0.39 is 0 Å². The van der Waals surface area contributed by atoms with E-state index in [1.54, 1.807) is 13.2 Å². The maximum Gasteiger partial charge on any atom is 0.251 e. The van der Waals surface area contributed by atoms with Gasteiger partial charge in [0.1, 0.15) is 0 Å². The van der Waals surface area contributed by atoms with Crippen LogP contribution in [0.4, 0.5) is 5.69 Å². The van der Waals surface area contributed by atoms with Gasteiger partial charge in [-0.25, -0.2) is 0 Å². The predicted octanol–water partition coefficient (Wildman–Crippen LogP) is 1.65. The summed E-state index contributed by atoms with van der Waals surface area (Å²) in [7, 11) is 1.62. The quantitative estimate of drug-likeness (QED) is 0.781. The molecule has 4 heteroatoms. The number of amides is 1. The van der Waals surface area contributed by atoms with Crippen LogP contribution < -0.4 is 11.1 Å². The normalized spacial score (nSPS) is 12.2. The first-order chi connectivity index (χ1) is 7.95. The molecule has 0 aliphatic rings. The van der Waals surface area contributed by atoms with Gasteiger partial charge in [-0.05, 0) is 38.0 Å². The highest BCUT2D eigenvalue weighted by atomic mass is 16.5. The number of benzene rings is 1. The van der Waals surface area contributed by atoms with Gasteiger partial charge >= 0.3 is 0 Å². The number of methoxy groups -OCH3 is 1. The monoisotopic (exact) mass is 236 g/mol. The summed E-state index contributed by atoms with van der Waals surface area (Å²) in [6.45, 7) is 6.22. The number of rotatable bonds is 4. The van der Waals surface area contributed by atoms with E-state index in [2.05, 4.69) is 5.32 Å². The van der Waals surface area contributed by atoms with Gasteiger partial charge in [-0.15, -0.1) is 0 Å². The highest BCUT2D eigenvalue weighted by Crippen LogP contribution is 2.17. The van der Waals surface area contributed by atoms with Crippen LogP contribution in [-0.2, 0) is 4.74 Å². The van der Waals surface area contributed by atoms with Crippen molar-refractivity contribution >= 4 is 11.6 Å². The van der Waals surface area contributed by atoms with Gasteiger partial charge in [0.05, 0.1) is 6.10 Å². The van der Waals surface area contributed by atoms with Crippen LogP contribution in [0.15, 0.2) is 12.1 Å². The van der Waals surface area contributed by atoms with Gasteiger partial charge in [0.25, 0.3) is 5.91 Å². The van der Waals surface area contributed by atoms with Crippen LogP contribution in [0.25, 0.3) is 0 Å². The molecule has 0 aromatic heterocycles. The van der Waals surface area contributed by atoms with E-state index in [4.69, 9.17) is 10.5 Å². The molecule has 3 N–H and O–H groups in total. The molecule has 0 aliphatic heterocycles. The van der Waals surface area contributed by atoms with E-state index in [-0.39, 0.29) is 12.0 Å².